The van der Waals surface area contributed by atoms with Crippen LogP contribution in [0.15, 0.2) is 72.4 Å². The number of nitro benzene ring substituents is 2. The second kappa shape index (κ2) is 9.30. The Balaban J connectivity index is 1.72. The number of benzene rings is 3. The van der Waals surface area contributed by atoms with Gasteiger partial charge >= 0.3 is 5.69 Å². The molecule has 34 heavy (non-hydrogen) atoms. The first-order valence-electron chi connectivity index (χ1n) is 10.4. The molecule has 1 aliphatic heterocycles. The molecule has 3 aromatic rings. The van der Waals surface area contributed by atoms with Crippen LogP contribution in [0.25, 0.3) is 5.57 Å². The van der Waals surface area contributed by atoms with Crippen LogP contribution in [-0.4, -0.2) is 16.4 Å². The minimum Gasteiger partial charge on any atom is -0.361 e. The van der Waals surface area contributed by atoms with Crippen molar-refractivity contribution >= 4 is 28.3 Å². The fourth-order valence-corrected chi connectivity index (χ4v) is 3.80. The summed E-state index contributed by atoms with van der Waals surface area (Å²) in [5, 5.41) is 32.5. The third-order valence-corrected chi connectivity index (χ3v) is 5.55. The zero-order chi connectivity index (χ0) is 24.2. The number of hydrogen-bond donors (Lipinski definition) is 2. The van der Waals surface area contributed by atoms with E-state index in [1.54, 1.807) is 0 Å². The van der Waals surface area contributed by atoms with Gasteiger partial charge in [0.05, 0.1) is 33.7 Å². The number of anilines is 2. The van der Waals surface area contributed by atoms with E-state index in [1.165, 1.54) is 12.1 Å². The SMILES string of the molecule is Cc1ccc(N2CC(NNc3ccc([N+](=O)[O-])cc3[N+](=O)[O-])=C(C#N)c3ccccc3C2)cc1. The molecule has 0 atom stereocenters. The molecule has 0 bridgehead atoms. The van der Waals surface area contributed by atoms with E-state index in [4.69, 9.17) is 0 Å². The molecule has 0 saturated heterocycles. The predicted octanol–water partition coefficient (Wildman–Crippen LogP) is 4.68. The van der Waals surface area contributed by atoms with Gasteiger partial charge in [0.25, 0.3) is 5.69 Å². The first kappa shape index (κ1) is 22.3. The number of hydrogen-bond acceptors (Lipinski definition) is 8. The number of nitriles is 1. The normalized spacial score (nSPS) is 12.9. The lowest BCUT2D eigenvalue weighted by atomic mass is 10.00. The quantitative estimate of drug-likeness (QED) is 0.403. The van der Waals surface area contributed by atoms with Crippen LogP contribution in [0.1, 0.15) is 16.7 Å². The third-order valence-electron chi connectivity index (χ3n) is 5.55. The smallest absolute Gasteiger partial charge is 0.300 e. The maximum Gasteiger partial charge on any atom is 0.300 e. The Morgan fingerprint density at radius 2 is 1.68 bits per heavy atom. The van der Waals surface area contributed by atoms with Gasteiger partial charge in [-0.25, -0.2) is 0 Å². The van der Waals surface area contributed by atoms with Gasteiger partial charge in [0.15, 0.2) is 0 Å². The standard InChI is InChI=1S/C24H20N6O4/c1-16-6-8-18(9-7-16)28-14-17-4-2-3-5-20(17)21(13-25)23(15-28)27-26-22-11-10-19(29(31)32)12-24(22)30(33)34/h2-12,26-27H,14-15H2,1H3. The zero-order valence-electron chi connectivity index (χ0n) is 18.2. The van der Waals surface area contributed by atoms with Crippen LogP contribution >= 0.6 is 0 Å². The van der Waals surface area contributed by atoms with Gasteiger partial charge in [-0.1, -0.05) is 42.0 Å². The van der Waals surface area contributed by atoms with Gasteiger partial charge in [-0.05, 0) is 36.2 Å². The van der Waals surface area contributed by atoms with E-state index in [0.717, 1.165) is 28.4 Å². The van der Waals surface area contributed by atoms with E-state index in [0.29, 0.717) is 24.4 Å². The van der Waals surface area contributed by atoms with Crippen molar-refractivity contribution in [3.05, 3.63) is 109 Å². The number of nitro groups is 2. The molecule has 0 aliphatic carbocycles. The summed E-state index contributed by atoms with van der Waals surface area (Å²) < 4.78 is 0. The number of non-ortho nitro benzene ring substituents is 1. The third kappa shape index (κ3) is 4.49. The Labute approximate surface area is 195 Å². The minimum absolute atomic E-state index is 0.0415. The van der Waals surface area contributed by atoms with E-state index in [2.05, 4.69) is 21.8 Å². The average Bonchev–Trinajstić information content (AvgIpc) is 2.99. The summed E-state index contributed by atoms with van der Waals surface area (Å²) in [7, 11) is 0. The average molecular weight is 456 g/mol. The van der Waals surface area contributed by atoms with E-state index in [9.17, 15) is 25.5 Å². The Bertz CT molecular complexity index is 1340. The number of nitrogens with zero attached hydrogens (tertiary/aromatic N) is 4. The second-order valence-corrected chi connectivity index (χ2v) is 7.78. The van der Waals surface area contributed by atoms with Gasteiger partial charge in [0.1, 0.15) is 11.8 Å². The van der Waals surface area contributed by atoms with Crippen molar-refractivity contribution in [3.8, 4) is 6.07 Å². The van der Waals surface area contributed by atoms with Crippen LogP contribution in [0, 0.1) is 38.5 Å². The number of aryl methyl sites for hydroxylation is 1. The molecule has 0 unspecified atom stereocenters. The molecule has 1 aliphatic rings. The van der Waals surface area contributed by atoms with Gasteiger partial charge < -0.3 is 10.3 Å². The molecule has 4 rings (SSSR count). The van der Waals surface area contributed by atoms with Gasteiger partial charge in [0, 0.05) is 18.3 Å². The van der Waals surface area contributed by atoms with Crippen molar-refractivity contribution < 1.29 is 9.85 Å². The Hall–Kier alpha value is -4.91. The maximum absolute atomic E-state index is 11.5. The maximum atomic E-state index is 11.5. The molecule has 1 heterocycles. The summed E-state index contributed by atoms with van der Waals surface area (Å²) in [5.41, 5.74) is 9.69. The molecule has 0 saturated carbocycles. The molecule has 10 heteroatoms. The molecule has 2 N–H and O–H groups in total. The molecule has 0 aromatic heterocycles. The van der Waals surface area contributed by atoms with Gasteiger partial charge in [-0.15, -0.1) is 0 Å². The van der Waals surface area contributed by atoms with E-state index < -0.39 is 15.5 Å². The number of nitrogens with one attached hydrogen (secondary N) is 2. The van der Waals surface area contributed by atoms with E-state index in [-0.39, 0.29) is 11.4 Å². The van der Waals surface area contributed by atoms with Crippen molar-refractivity contribution in [1.29, 1.82) is 5.26 Å². The highest BCUT2D eigenvalue weighted by Gasteiger charge is 2.24. The first-order chi connectivity index (χ1) is 16.4. The van der Waals surface area contributed by atoms with E-state index in [1.807, 2.05) is 55.5 Å². The van der Waals surface area contributed by atoms with Crippen LogP contribution in [0.5, 0.6) is 0 Å². The van der Waals surface area contributed by atoms with Gasteiger partial charge in [-0.3, -0.25) is 25.7 Å². The predicted molar refractivity (Wildman–Crippen MR) is 128 cm³/mol. The molecular weight excluding hydrogens is 436 g/mol. The van der Waals surface area contributed by atoms with Gasteiger partial charge in [-0.2, -0.15) is 5.26 Å². The molecular formula is C24H20N6O4. The molecule has 10 nitrogen and oxygen atoms in total. The van der Waals surface area contributed by atoms with Crippen LogP contribution in [0.3, 0.4) is 0 Å². The van der Waals surface area contributed by atoms with Crippen molar-refractivity contribution in [2.45, 2.75) is 13.5 Å². The highest BCUT2D eigenvalue weighted by atomic mass is 16.6. The molecule has 0 spiro atoms. The molecule has 0 fully saturated rings. The summed E-state index contributed by atoms with van der Waals surface area (Å²) >= 11 is 0. The van der Waals surface area contributed by atoms with Crippen molar-refractivity contribution in [1.82, 2.24) is 5.43 Å². The highest BCUT2D eigenvalue weighted by Crippen LogP contribution is 2.31. The van der Waals surface area contributed by atoms with E-state index >= 15 is 0 Å². The van der Waals surface area contributed by atoms with Crippen LogP contribution in [0.2, 0.25) is 0 Å². The summed E-state index contributed by atoms with van der Waals surface area (Å²) in [6, 6.07) is 21.2. The van der Waals surface area contributed by atoms with Crippen molar-refractivity contribution in [2.75, 3.05) is 16.9 Å². The van der Waals surface area contributed by atoms with Gasteiger partial charge in [0.2, 0.25) is 0 Å². The molecule has 0 amide bonds. The zero-order valence-corrected chi connectivity index (χ0v) is 18.2. The number of allylic oxidation sites excluding steroid dienone is 1. The van der Waals surface area contributed by atoms with Crippen molar-refractivity contribution in [2.24, 2.45) is 0 Å². The number of rotatable bonds is 6. The summed E-state index contributed by atoms with van der Waals surface area (Å²) in [4.78, 5) is 23.2. The molecule has 3 aromatic carbocycles. The van der Waals surface area contributed by atoms with Crippen LogP contribution in [0.4, 0.5) is 22.7 Å². The second-order valence-electron chi connectivity index (χ2n) is 7.78. The molecule has 170 valence electrons. The van der Waals surface area contributed by atoms with Crippen LogP contribution < -0.4 is 15.8 Å². The lowest BCUT2D eigenvalue weighted by Gasteiger charge is -2.25. The lowest BCUT2D eigenvalue weighted by Crippen LogP contribution is -2.32. The number of fused-ring (bicyclic) bond motifs is 1. The summed E-state index contributed by atoms with van der Waals surface area (Å²) in [6.07, 6.45) is 0. The number of hydrazine groups is 1. The Morgan fingerprint density at radius 3 is 2.35 bits per heavy atom. The van der Waals surface area contributed by atoms with Crippen molar-refractivity contribution in [3.63, 3.8) is 0 Å². The fraction of sp³-hybridized carbons (Fsp3) is 0.125. The van der Waals surface area contributed by atoms with Crippen LogP contribution in [-0.2, 0) is 6.54 Å². The summed E-state index contributed by atoms with van der Waals surface area (Å²) in [6.45, 7) is 2.89. The monoisotopic (exact) mass is 456 g/mol. The minimum atomic E-state index is -0.697. The highest BCUT2D eigenvalue weighted by molar-refractivity contribution is 5.83. The molecule has 0 radical (unpaired) electrons. The lowest BCUT2D eigenvalue weighted by molar-refractivity contribution is -0.393. The summed E-state index contributed by atoms with van der Waals surface area (Å²) in [5.74, 6) is 0. The Kier molecular flexibility index (Phi) is 6.09. The fourth-order valence-electron chi connectivity index (χ4n) is 3.80. The largest absolute Gasteiger partial charge is 0.361 e. The topological polar surface area (TPSA) is 137 Å². The Morgan fingerprint density at radius 1 is 0.941 bits per heavy atom. The first-order valence-corrected chi connectivity index (χ1v) is 10.4.